The molecule has 0 heterocycles. The van der Waals surface area contributed by atoms with Crippen molar-refractivity contribution in [2.24, 2.45) is 0 Å². The van der Waals surface area contributed by atoms with Gasteiger partial charge in [0, 0.05) is 18.7 Å². The van der Waals surface area contributed by atoms with E-state index in [0.29, 0.717) is 0 Å². The van der Waals surface area contributed by atoms with Crippen molar-refractivity contribution in [3.05, 3.63) is 59.7 Å². The Hall–Kier alpha value is -2.09. The topological polar surface area (TPSA) is 20.3 Å². The first-order chi connectivity index (χ1) is 9.67. The second-order valence-electron chi connectivity index (χ2n) is 4.89. The van der Waals surface area contributed by atoms with Crippen LogP contribution in [-0.4, -0.2) is 23.9 Å². The van der Waals surface area contributed by atoms with E-state index in [2.05, 4.69) is 13.0 Å². The van der Waals surface area contributed by atoms with Crippen molar-refractivity contribution in [3.8, 4) is 11.1 Å². The number of amides is 1. The van der Waals surface area contributed by atoms with E-state index in [-0.39, 0.29) is 5.91 Å². The molecule has 0 saturated heterocycles. The molecule has 0 saturated carbocycles. The number of carbonyl (C=O) groups is 1. The molecule has 0 aliphatic heterocycles. The van der Waals surface area contributed by atoms with E-state index in [1.54, 1.807) is 0 Å². The summed E-state index contributed by atoms with van der Waals surface area (Å²) in [6.07, 6.45) is 0. The van der Waals surface area contributed by atoms with Gasteiger partial charge in [0.25, 0.3) is 5.91 Å². The number of rotatable bonds is 4. The van der Waals surface area contributed by atoms with Gasteiger partial charge >= 0.3 is 0 Å². The number of hydrogen-bond acceptors (Lipinski definition) is 1. The Morgan fingerprint density at radius 2 is 1.65 bits per heavy atom. The summed E-state index contributed by atoms with van der Waals surface area (Å²) in [6, 6.07) is 16.1. The van der Waals surface area contributed by atoms with Crippen LogP contribution in [0.2, 0.25) is 0 Å². The molecule has 1 amide bonds. The molecule has 2 aromatic carbocycles. The van der Waals surface area contributed by atoms with E-state index in [1.807, 2.05) is 61.2 Å². The maximum absolute atomic E-state index is 12.6. The van der Waals surface area contributed by atoms with E-state index in [1.165, 1.54) is 5.56 Å². The summed E-state index contributed by atoms with van der Waals surface area (Å²) in [6.45, 7) is 7.54. The highest BCUT2D eigenvalue weighted by Crippen LogP contribution is 2.26. The van der Waals surface area contributed by atoms with E-state index in [0.717, 1.165) is 29.8 Å². The number of nitrogens with zero attached hydrogens (tertiary/aromatic N) is 1. The lowest BCUT2D eigenvalue weighted by Crippen LogP contribution is -2.30. The molecule has 0 bridgehead atoms. The van der Waals surface area contributed by atoms with Gasteiger partial charge in [-0.2, -0.15) is 0 Å². The fourth-order valence-electron chi connectivity index (χ4n) is 2.38. The van der Waals surface area contributed by atoms with Crippen LogP contribution in [0.15, 0.2) is 48.5 Å². The molecule has 0 aliphatic rings. The normalized spacial score (nSPS) is 10.3. The summed E-state index contributed by atoms with van der Waals surface area (Å²) < 4.78 is 0. The third-order valence-corrected chi connectivity index (χ3v) is 3.54. The summed E-state index contributed by atoms with van der Waals surface area (Å²) in [5.74, 6) is 0.105. The van der Waals surface area contributed by atoms with Gasteiger partial charge in [-0.05, 0) is 38.0 Å². The van der Waals surface area contributed by atoms with Gasteiger partial charge in [0.1, 0.15) is 0 Å². The van der Waals surface area contributed by atoms with Crippen LogP contribution in [0.5, 0.6) is 0 Å². The fourth-order valence-corrected chi connectivity index (χ4v) is 2.38. The third kappa shape index (κ3) is 2.90. The minimum atomic E-state index is 0.105. The predicted molar refractivity (Wildman–Crippen MR) is 83.9 cm³/mol. The lowest BCUT2D eigenvalue weighted by Gasteiger charge is -2.20. The van der Waals surface area contributed by atoms with E-state index >= 15 is 0 Å². The van der Waals surface area contributed by atoms with Gasteiger partial charge in [-0.1, -0.05) is 48.0 Å². The predicted octanol–water partition coefficient (Wildman–Crippen LogP) is 4.14. The zero-order valence-corrected chi connectivity index (χ0v) is 12.4. The molecule has 2 aromatic rings. The first-order valence-electron chi connectivity index (χ1n) is 7.12. The van der Waals surface area contributed by atoms with Crippen molar-refractivity contribution in [3.63, 3.8) is 0 Å². The quantitative estimate of drug-likeness (QED) is 0.815. The van der Waals surface area contributed by atoms with Crippen molar-refractivity contribution in [2.75, 3.05) is 13.1 Å². The zero-order valence-electron chi connectivity index (χ0n) is 12.4. The molecule has 2 heteroatoms. The summed E-state index contributed by atoms with van der Waals surface area (Å²) in [5.41, 5.74) is 4.06. The van der Waals surface area contributed by atoms with Gasteiger partial charge in [0.15, 0.2) is 0 Å². The molecule has 104 valence electrons. The molecule has 0 spiro atoms. The Bertz CT molecular complexity index is 586. The molecule has 20 heavy (non-hydrogen) atoms. The number of carbonyl (C=O) groups excluding carboxylic acids is 1. The van der Waals surface area contributed by atoms with Crippen LogP contribution >= 0.6 is 0 Å². The fraction of sp³-hybridized carbons (Fsp3) is 0.278. The average Bonchev–Trinajstić information content (AvgIpc) is 2.49. The van der Waals surface area contributed by atoms with Crippen LogP contribution in [0.3, 0.4) is 0 Å². The Morgan fingerprint density at radius 1 is 1.00 bits per heavy atom. The van der Waals surface area contributed by atoms with Crippen molar-refractivity contribution in [1.82, 2.24) is 4.90 Å². The van der Waals surface area contributed by atoms with E-state index in [9.17, 15) is 4.79 Å². The van der Waals surface area contributed by atoms with Gasteiger partial charge in [0.05, 0.1) is 0 Å². The molecular formula is C18H21NO. The van der Waals surface area contributed by atoms with Gasteiger partial charge in [-0.25, -0.2) is 0 Å². The highest BCUT2D eigenvalue weighted by atomic mass is 16.2. The minimum absolute atomic E-state index is 0.105. The second kappa shape index (κ2) is 6.38. The molecule has 0 radical (unpaired) electrons. The van der Waals surface area contributed by atoms with Crippen molar-refractivity contribution in [1.29, 1.82) is 0 Å². The second-order valence-corrected chi connectivity index (χ2v) is 4.89. The summed E-state index contributed by atoms with van der Waals surface area (Å²) in [7, 11) is 0. The lowest BCUT2D eigenvalue weighted by molar-refractivity contribution is 0.0774. The van der Waals surface area contributed by atoms with Gasteiger partial charge < -0.3 is 4.90 Å². The first kappa shape index (κ1) is 14.3. The Kier molecular flexibility index (Phi) is 4.57. The molecule has 2 nitrogen and oxygen atoms in total. The molecular weight excluding hydrogens is 246 g/mol. The van der Waals surface area contributed by atoms with Crippen LogP contribution in [-0.2, 0) is 0 Å². The van der Waals surface area contributed by atoms with Gasteiger partial charge in [-0.3, -0.25) is 4.79 Å². The van der Waals surface area contributed by atoms with Crippen LogP contribution < -0.4 is 0 Å². The Morgan fingerprint density at radius 3 is 2.25 bits per heavy atom. The highest BCUT2D eigenvalue weighted by Gasteiger charge is 2.17. The summed E-state index contributed by atoms with van der Waals surface area (Å²) >= 11 is 0. The molecule has 0 unspecified atom stereocenters. The third-order valence-electron chi connectivity index (χ3n) is 3.54. The van der Waals surface area contributed by atoms with Crippen LogP contribution in [0.4, 0.5) is 0 Å². The Labute approximate surface area is 121 Å². The monoisotopic (exact) mass is 267 g/mol. The number of hydrogen-bond donors (Lipinski definition) is 0. The van der Waals surface area contributed by atoms with Crippen LogP contribution in [0.1, 0.15) is 29.8 Å². The molecule has 2 rings (SSSR count). The smallest absolute Gasteiger partial charge is 0.254 e. The molecule has 0 aromatic heterocycles. The minimum Gasteiger partial charge on any atom is -0.339 e. The lowest BCUT2D eigenvalue weighted by atomic mass is 9.97. The van der Waals surface area contributed by atoms with Crippen LogP contribution in [0.25, 0.3) is 11.1 Å². The molecule has 0 aliphatic carbocycles. The molecule has 0 N–H and O–H groups in total. The van der Waals surface area contributed by atoms with E-state index in [4.69, 9.17) is 0 Å². The largest absolute Gasteiger partial charge is 0.339 e. The maximum Gasteiger partial charge on any atom is 0.254 e. The van der Waals surface area contributed by atoms with Crippen molar-refractivity contribution < 1.29 is 4.79 Å². The Balaban J connectivity index is 2.52. The van der Waals surface area contributed by atoms with Gasteiger partial charge in [-0.15, -0.1) is 0 Å². The van der Waals surface area contributed by atoms with E-state index < -0.39 is 0 Å². The first-order valence-corrected chi connectivity index (χ1v) is 7.12. The molecule has 0 atom stereocenters. The summed E-state index contributed by atoms with van der Waals surface area (Å²) in [5, 5.41) is 0. The standard InChI is InChI=1S/C18H21NO/c1-4-19(5-2)18(20)16-12-11-14(3)13-17(16)15-9-7-6-8-10-15/h6-13H,4-5H2,1-3H3. The van der Waals surface area contributed by atoms with Crippen LogP contribution in [0, 0.1) is 6.92 Å². The van der Waals surface area contributed by atoms with Crippen molar-refractivity contribution in [2.45, 2.75) is 20.8 Å². The summed E-state index contributed by atoms with van der Waals surface area (Å²) in [4.78, 5) is 14.5. The number of aryl methyl sites for hydroxylation is 1. The number of benzene rings is 2. The molecule has 0 fully saturated rings. The highest BCUT2D eigenvalue weighted by molar-refractivity contribution is 6.01. The average molecular weight is 267 g/mol. The van der Waals surface area contributed by atoms with Crippen molar-refractivity contribution >= 4 is 5.91 Å². The zero-order chi connectivity index (χ0) is 14.5. The SMILES string of the molecule is CCN(CC)C(=O)c1ccc(C)cc1-c1ccccc1. The maximum atomic E-state index is 12.6. The van der Waals surface area contributed by atoms with Gasteiger partial charge in [0.2, 0.25) is 0 Å².